The Labute approximate surface area is 123 Å². The fourth-order valence-corrected chi connectivity index (χ4v) is 4.34. The average Bonchev–Trinajstić information content (AvgIpc) is 2.62. The molecule has 0 saturated heterocycles. The molecule has 0 spiro atoms. The average molecular weight is 311 g/mol. The van der Waals surface area contributed by atoms with Crippen LogP contribution in [0.4, 0.5) is 0 Å². The quantitative estimate of drug-likeness (QED) is 0.631. The molecule has 8 heteroatoms. The fourth-order valence-electron chi connectivity index (χ4n) is 1.72. The third-order valence-electron chi connectivity index (χ3n) is 2.57. The van der Waals surface area contributed by atoms with Crippen LogP contribution in [-0.4, -0.2) is 38.4 Å². The van der Waals surface area contributed by atoms with Gasteiger partial charge in [0.15, 0.2) is 0 Å². The van der Waals surface area contributed by atoms with Crippen molar-refractivity contribution >= 4 is 57.5 Å². The molecular weight excluding hydrogens is 302 g/mol. The van der Waals surface area contributed by atoms with Crippen molar-refractivity contribution in [2.75, 3.05) is 6.54 Å². The Morgan fingerprint density at radius 2 is 2.11 bits per heavy atom. The molecule has 1 N–H and O–H groups in total. The van der Waals surface area contributed by atoms with E-state index in [1.807, 2.05) is 13.0 Å². The second-order valence-corrected chi connectivity index (χ2v) is 6.47. The van der Waals surface area contributed by atoms with Crippen molar-refractivity contribution in [1.29, 1.82) is 10.7 Å². The van der Waals surface area contributed by atoms with Gasteiger partial charge >= 0.3 is 0 Å². The lowest BCUT2D eigenvalue weighted by Crippen LogP contribution is -2.31. The van der Waals surface area contributed by atoms with E-state index in [4.69, 9.17) is 22.9 Å². The molecule has 98 valence electrons. The number of nitrogens with one attached hydrogen (secondary N) is 1. The summed E-state index contributed by atoms with van der Waals surface area (Å²) in [4.78, 5) is 26.0. The van der Waals surface area contributed by atoms with E-state index in [-0.39, 0.29) is 21.7 Å². The molecule has 2 amide bonds. The third kappa shape index (κ3) is 2.33. The molecule has 0 bridgehead atoms. The molecule has 5 nitrogen and oxygen atoms in total. The molecule has 1 atom stereocenters. The summed E-state index contributed by atoms with van der Waals surface area (Å²) < 4.78 is 0. The van der Waals surface area contributed by atoms with Crippen LogP contribution in [0.5, 0.6) is 0 Å². The Morgan fingerprint density at radius 1 is 1.47 bits per heavy atom. The summed E-state index contributed by atoms with van der Waals surface area (Å²) in [5, 5.41) is 16.2. The highest BCUT2D eigenvalue weighted by Crippen LogP contribution is 2.45. The van der Waals surface area contributed by atoms with Gasteiger partial charge in [0.2, 0.25) is 0 Å². The number of carbonyl (C=O) groups excluding carboxylic acids is 2. The highest BCUT2D eigenvalue weighted by atomic mass is 32.2. The molecule has 0 aromatic carbocycles. The lowest BCUT2D eigenvalue weighted by atomic mass is 10.3. The predicted octanol–water partition coefficient (Wildman–Crippen LogP) is 1.70. The summed E-state index contributed by atoms with van der Waals surface area (Å²) in [6.45, 7) is 2.25. The first-order valence-electron chi connectivity index (χ1n) is 5.48. The van der Waals surface area contributed by atoms with Crippen LogP contribution < -0.4 is 0 Å². The molecule has 19 heavy (non-hydrogen) atoms. The van der Waals surface area contributed by atoms with Crippen LogP contribution in [0.3, 0.4) is 0 Å². The minimum Gasteiger partial charge on any atom is -0.296 e. The SMILES string of the molecule is CCCN1C(=O)C2=C(SC(C(=S)C#N)C(=N)S2)C1=O. The largest absolute Gasteiger partial charge is 0.296 e. The Kier molecular flexibility index (Phi) is 4.08. The van der Waals surface area contributed by atoms with Crippen LogP contribution in [0.25, 0.3) is 0 Å². The van der Waals surface area contributed by atoms with E-state index in [9.17, 15) is 9.59 Å². The number of hydrogen-bond acceptors (Lipinski definition) is 7. The summed E-state index contributed by atoms with van der Waals surface area (Å²) in [6.07, 6.45) is 0.685. The molecule has 0 aromatic rings. The third-order valence-corrected chi connectivity index (χ3v) is 5.68. The highest BCUT2D eigenvalue weighted by Gasteiger charge is 2.44. The van der Waals surface area contributed by atoms with E-state index >= 15 is 0 Å². The van der Waals surface area contributed by atoms with Gasteiger partial charge in [0.05, 0.1) is 14.9 Å². The number of thioether (sulfide) groups is 2. The van der Waals surface area contributed by atoms with E-state index in [2.05, 4.69) is 0 Å². The topological polar surface area (TPSA) is 85.0 Å². The lowest BCUT2D eigenvalue weighted by Gasteiger charge is -2.19. The fraction of sp³-hybridized carbons (Fsp3) is 0.364. The lowest BCUT2D eigenvalue weighted by molar-refractivity contribution is -0.137. The molecule has 0 saturated carbocycles. The van der Waals surface area contributed by atoms with E-state index < -0.39 is 5.25 Å². The van der Waals surface area contributed by atoms with Crippen molar-refractivity contribution in [3.8, 4) is 6.07 Å². The van der Waals surface area contributed by atoms with Gasteiger partial charge in [0.1, 0.15) is 16.2 Å². The van der Waals surface area contributed by atoms with Crippen molar-refractivity contribution in [2.45, 2.75) is 18.6 Å². The van der Waals surface area contributed by atoms with Gasteiger partial charge in [-0.05, 0) is 6.42 Å². The zero-order valence-electron chi connectivity index (χ0n) is 9.93. The number of imide groups is 1. The number of amides is 2. The molecule has 0 aliphatic carbocycles. The van der Waals surface area contributed by atoms with Crippen molar-refractivity contribution in [1.82, 2.24) is 4.90 Å². The summed E-state index contributed by atoms with van der Waals surface area (Å²) >= 11 is 6.88. The first kappa shape index (κ1) is 14.2. The van der Waals surface area contributed by atoms with Crippen molar-refractivity contribution < 1.29 is 9.59 Å². The zero-order valence-corrected chi connectivity index (χ0v) is 12.4. The number of rotatable bonds is 3. The predicted molar refractivity (Wildman–Crippen MR) is 78.9 cm³/mol. The molecule has 1 unspecified atom stereocenters. The van der Waals surface area contributed by atoms with Gasteiger partial charge in [-0.2, -0.15) is 5.26 Å². The van der Waals surface area contributed by atoms with Gasteiger partial charge in [-0.15, -0.1) is 11.8 Å². The van der Waals surface area contributed by atoms with E-state index in [0.717, 1.165) is 23.5 Å². The normalized spacial score (nSPS) is 22.6. The van der Waals surface area contributed by atoms with Gasteiger partial charge in [-0.1, -0.05) is 30.9 Å². The van der Waals surface area contributed by atoms with E-state index in [1.165, 1.54) is 4.90 Å². The summed E-state index contributed by atoms with van der Waals surface area (Å²) in [5.74, 6) is -0.678. The van der Waals surface area contributed by atoms with Crippen LogP contribution in [0.15, 0.2) is 9.81 Å². The van der Waals surface area contributed by atoms with Crippen molar-refractivity contribution in [2.24, 2.45) is 0 Å². The zero-order chi connectivity index (χ0) is 14.2. The molecular formula is C11H9N3O2S3. The maximum atomic E-state index is 12.1. The Hall–Kier alpha value is -1.17. The number of nitriles is 1. The monoisotopic (exact) mass is 311 g/mol. The van der Waals surface area contributed by atoms with Gasteiger partial charge in [0.25, 0.3) is 11.8 Å². The van der Waals surface area contributed by atoms with Crippen LogP contribution >= 0.6 is 35.7 Å². The van der Waals surface area contributed by atoms with E-state index in [1.54, 1.807) is 0 Å². The number of thiocarbonyl (C=S) groups is 1. The highest BCUT2D eigenvalue weighted by molar-refractivity contribution is 8.23. The molecule has 0 aromatic heterocycles. The number of carbonyl (C=O) groups is 2. The van der Waals surface area contributed by atoms with Crippen molar-refractivity contribution in [3.05, 3.63) is 9.81 Å². The molecule has 0 fully saturated rings. The minimum absolute atomic E-state index is 0.0586. The molecule has 2 aliphatic rings. The van der Waals surface area contributed by atoms with Gasteiger partial charge < -0.3 is 0 Å². The number of hydrogen-bond donors (Lipinski definition) is 1. The molecule has 2 rings (SSSR count). The first-order valence-corrected chi connectivity index (χ1v) is 7.59. The van der Waals surface area contributed by atoms with Crippen LogP contribution in [0, 0.1) is 16.7 Å². The summed E-state index contributed by atoms with van der Waals surface area (Å²) in [6, 6.07) is 1.83. The molecule has 0 radical (unpaired) electrons. The molecule has 2 heterocycles. The molecule has 2 aliphatic heterocycles. The maximum Gasteiger partial charge on any atom is 0.268 e. The van der Waals surface area contributed by atoms with E-state index in [0.29, 0.717) is 22.8 Å². The smallest absolute Gasteiger partial charge is 0.268 e. The maximum absolute atomic E-state index is 12.1. The van der Waals surface area contributed by atoms with Gasteiger partial charge in [0, 0.05) is 6.54 Å². The Morgan fingerprint density at radius 3 is 2.68 bits per heavy atom. The minimum atomic E-state index is -0.623. The van der Waals surface area contributed by atoms with Gasteiger partial charge in [-0.25, -0.2) is 0 Å². The van der Waals surface area contributed by atoms with Crippen LogP contribution in [0.2, 0.25) is 0 Å². The van der Waals surface area contributed by atoms with Crippen LogP contribution in [-0.2, 0) is 9.59 Å². The first-order chi connectivity index (χ1) is 9.01. The second-order valence-electron chi connectivity index (χ2n) is 3.86. The van der Waals surface area contributed by atoms with Crippen LogP contribution in [0.1, 0.15) is 13.3 Å². The standard InChI is InChI=1S/C11H9N3O2S3/c1-2-3-14-10(15)7-8(11(14)16)19-9(13)6(18-7)5(17)4-12/h6,13H,2-3H2,1H3. The van der Waals surface area contributed by atoms with Crippen molar-refractivity contribution in [3.63, 3.8) is 0 Å². The Balaban J connectivity index is 2.32. The van der Waals surface area contributed by atoms with Gasteiger partial charge in [-0.3, -0.25) is 19.9 Å². The summed E-state index contributed by atoms with van der Waals surface area (Å²) in [7, 11) is 0. The number of nitrogens with zero attached hydrogens (tertiary/aromatic N) is 2. The second kappa shape index (κ2) is 5.45. The Bertz CT molecular complexity index is 576. The summed E-state index contributed by atoms with van der Waals surface area (Å²) in [5.41, 5.74) is 0.